The molecule has 7 heteroatoms. The largest absolute Gasteiger partial charge is 0.417 e. The van der Waals surface area contributed by atoms with E-state index in [9.17, 15) is 18.0 Å². The normalized spacial score (nSPS) is 10.9. The molecule has 1 aromatic carbocycles. The summed E-state index contributed by atoms with van der Waals surface area (Å²) in [6, 6.07) is 3.38. The molecular weight excluding hydrogens is 336 g/mol. The molecule has 1 aromatic rings. The van der Waals surface area contributed by atoms with Crippen LogP contribution in [0.1, 0.15) is 21.5 Å². The van der Waals surface area contributed by atoms with Crippen molar-refractivity contribution in [2.45, 2.75) is 6.18 Å². The fraction of sp³-hybridized carbons (Fsp3) is 0.111. The van der Waals surface area contributed by atoms with Gasteiger partial charge in [-0.2, -0.15) is 18.4 Å². The average molecular weight is 340 g/mol. The highest BCUT2D eigenvalue weighted by atomic mass is 127. The Balaban J connectivity index is 3.61. The van der Waals surface area contributed by atoms with Crippen molar-refractivity contribution in [1.82, 2.24) is 0 Å². The van der Waals surface area contributed by atoms with Crippen LogP contribution in [-0.4, -0.2) is 5.91 Å². The molecule has 0 aliphatic rings. The first-order chi connectivity index (χ1) is 7.27. The summed E-state index contributed by atoms with van der Waals surface area (Å²) in [6.07, 6.45) is -4.71. The van der Waals surface area contributed by atoms with Crippen LogP contribution in [-0.2, 0) is 6.18 Å². The SMILES string of the molecule is N#Cc1cc(I)c(C(N)=O)c(C(F)(F)F)c1. The molecule has 0 unspecified atom stereocenters. The molecule has 16 heavy (non-hydrogen) atoms. The number of halogens is 4. The number of hydrogen-bond donors (Lipinski definition) is 1. The van der Waals surface area contributed by atoms with Gasteiger partial charge < -0.3 is 5.73 Å². The molecule has 0 spiro atoms. The molecule has 0 bridgehead atoms. The Morgan fingerprint density at radius 2 is 2.00 bits per heavy atom. The second-order valence-corrected chi connectivity index (χ2v) is 4.02. The van der Waals surface area contributed by atoms with Gasteiger partial charge in [-0.1, -0.05) is 0 Å². The molecule has 1 rings (SSSR count). The molecule has 0 aliphatic carbocycles. The fourth-order valence-electron chi connectivity index (χ4n) is 1.15. The van der Waals surface area contributed by atoms with Gasteiger partial charge >= 0.3 is 6.18 Å². The number of amides is 1. The third-order valence-corrected chi connectivity index (χ3v) is 2.62. The van der Waals surface area contributed by atoms with Gasteiger partial charge in [0.2, 0.25) is 5.91 Å². The molecule has 0 saturated carbocycles. The Hall–Kier alpha value is -1.30. The molecule has 0 aromatic heterocycles. The predicted octanol–water partition coefficient (Wildman–Crippen LogP) is 2.28. The summed E-state index contributed by atoms with van der Waals surface area (Å²) in [5, 5.41) is 8.54. The molecular formula is C9H4F3IN2O. The lowest BCUT2D eigenvalue weighted by molar-refractivity contribution is -0.138. The number of nitrogens with zero attached hydrogens (tertiary/aromatic N) is 1. The molecule has 0 radical (unpaired) electrons. The zero-order valence-electron chi connectivity index (χ0n) is 7.60. The zero-order chi connectivity index (χ0) is 12.5. The molecule has 3 nitrogen and oxygen atoms in total. The lowest BCUT2D eigenvalue weighted by Gasteiger charge is -2.12. The van der Waals surface area contributed by atoms with Gasteiger partial charge in [0, 0.05) is 3.57 Å². The maximum absolute atomic E-state index is 12.6. The second kappa shape index (κ2) is 4.29. The highest BCUT2D eigenvalue weighted by Gasteiger charge is 2.36. The van der Waals surface area contributed by atoms with E-state index in [1.54, 1.807) is 6.07 Å². The Morgan fingerprint density at radius 1 is 1.44 bits per heavy atom. The molecule has 0 saturated heterocycles. The van der Waals surface area contributed by atoms with Crippen LogP contribution in [0, 0.1) is 14.9 Å². The number of rotatable bonds is 1. The maximum atomic E-state index is 12.6. The maximum Gasteiger partial charge on any atom is 0.417 e. The van der Waals surface area contributed by atoms with E-state index >= 15 is 0 Å². The Bertz CT molecular complexity index is 491. The summed E-state index contributed by atoms with van der Waals surface area (Å²) in [5.41, 5.74) is 2.93. The molecule has 0 aliphatic heterocycles. The number of alkyl halides is 3. The number of carbonyl (C=O) groups is 1. The third kappa shape index (κ3) is 2.44. The topological polar surface area (TPSA) is 66.9 Å². The van der Waals surface area contributed by atoms with E-state index in [0.717, 1.165) is 0 Å². The highest BCUT2D eigenvalue weighted by molar-refractivity contribution is 14.1. The van der Waals surface area contributed by atoms with Crippen molar-refractivity contribution >= 4 is 28.5 Å². The van der Waals surface area contributed by atoms with Gasteiger partial charge in [-0.3, -0.25) is 4.79 Å². The van der Waals surface area contributed by atoms with Crippen LogP contribution in [0.25, 0.3) is 0 Å². The minimum Gasteiger partial charge on any atom is -0.366 e. The van der Waals surface area contributed by atoms with Gasteiger partial charge in [-0.15, -0.1) is 0 Å². The summed E-state index contributed by atoms with van der Waals surface area (Å²) in [5.74, 6) is -1.17. The Labute approximate surface area is 102 Å². The number of carbonyl (C=O) groups excluding carboxylic acids is 1. The molecule has 0 fully saturated rings. The van der Waals surface area contributed by atoms with E-state index < -0.39 is 23.2 Å². The van der Waals surface area contributed by atoms with Crippen molar-refractivity contribution in [3.63, 3.8) is 0 Å². The van der Waals surface area contributed by atoms with Crippen molar-refractivity contribution in [2.75, 3.05) is 0 Å². The van der Waals surface area contributed by atoms with Crippen molar-refractivity contribution in [3.05, 3.63) is 32.4 Å². The van der Waals surface area contributed by atoms with E-state index in [1.807, 2.05) is 0 Å². The van der Waals surface area contributed by atoms with Gasteiger partial charge in [-0.25, -0.2) is 0 Å². The molecule has 0 atom stereocenters. The Morgan fingerprint density at radius 3 is 2.38 bits per heavy atom. The van der Waals surface area contributed by atoms with Crippen LogP contribution in [0.15, 0.2) is 12.1 Å². The lowest BCUT2D eigenvalue weighted by atomic mass is 10.0. The first kappa shape index (κ1) is 12.8. The van der Waals surface area contributed by atoms with Crippen LogP contribution in [0.4, 0.5) is 13.2 Å². The fourth-order valence-corrected chi connectivity index (χ4v) is 2.04. The monoisotopic (exact) mass is 340 g/mol. The molecule has 2 N–H and O–H groups in total. The first-order valence-electron chi connectivity index (χ1n) is 3.88. The van der Waals surface area contributed by atoms with E-state index in [0.29, 0.717) is 6.07 Å². The molecule has 0 heterocycles. The number of nitrogens with two attached hydrogens (primary N) is 1. The molecule has 1 amide bonds. The lowest BCUT2D eigenvalue weighted by Crippen LogP contribution is -2.20. The predicted molar refractivity (Wildman–Crippen MR) is 57.4 cm³/mol. The van der Waals surface area contributed by atoms with Crippen LogP contribution in [0.5, 0.6) is 0 Å². The first-order valence-corrected chi connectivity index (χ1v) is 4.96. The second-order valence-electron chi connectivity index (χ2n) is 2.85. The smallest absolute Gasteiger partial charge is 0.366 e. The van der Waals surface area contributed by atoms with Crippen molar-refractivity contribution in [1.29, 1.82) is 5.26 Å². The van der Waals surface area contributed by atoms with Gasteiger partial charge in [0.15, 0.2) is 0 Å². The minimum atomic E-state index is -4.71. The van der Waals surface area contributed by atoms with Gasteiger partial charge in [0.1, 0.15) is 0 Å². The van der Waals surface area contributed by atoms with E-state index in [1.165, 1.54) is 28.7 Å². The number of primary amides is 1. The van der Waals surface area contributed by atoms with Crippen LogP contribution < -0.4 is 5.73 Å². The number of hydrogen-bond acceptors (Lipinski definition) is 2. The minimum absolute atomic E-state index is 0.0106. The number of benzene rings is 1. The summed E-state index contributed by atoms with van der Waals surface area (Å²) < 4.78 is 37.8. The Kier molecular flexibility index (Phi) is 3.42. The van der Waals surface area contributed by atoms with Crippen LogP contribution in [0.2, 0.25) is 0 Å². The standard InChI is InChI=1S/C9H4F3IN2O/c10-9(11,12)5-1-4(3-14)2-6(13)7(5)8(15)16/h1-2H,(H2,15,16). The number of nitriles is 1. The average Bonchev–Trinajstić information content (AvgIpc) is 2.14. The summed E-state index contributed by atoms with van der Waals surface area (Å²) >= 11 is 1.54. The van der Waals surface area contributed by atoms with E-state index in [2.05, 4.69) is 0 Å². The summed E-state index contributed by atoms with van der Waals surface area (Å²) in [7, 11) is 0. The van der Waals surface area contributed by atoms with Gasteiger partial charge in [0.05, 0.1) is 22.8 Å². The van der Waals surface area contributed by atoms with E-state index in [4.69, 9.17) is 11.0 Å². The van der Waals surface area contributed by atoms with E-state index in [-0.39, 0.29) is 9.13 Å². The summed E-state index contributed by atoms with van der Waals surface area (Å²) in [6.45, 7) is 0. The van der Waals surface area contributed by atoms with Crippen molar-refractivity contribution in [3.8, 4) is 6.07 Å². The molecule has 84 valence electrons. The zero-order valence-corrected chi connectivity index (χ0v) is 9.76. The van der Waals surface area contributed by atoms with Crippen molar-refractivity contribution < 1.29 is 18.0 Å². The van der Waals surface area contributed by atoms with Crippen LogP contribution in [0.3, 0.4) is 0 Å². The highest BCUT2D eigenvalue weighted by Crippen LogP contribution is 2.34. The van der Waals surface area contributed by atoms with Crippen LogP contribution >= 0.6 is 22.6 Å². The van der Waals surface area contributed by atoms with Gasteiger partial charge in [0.25, 0.3) is 0 Å². The summed E-state index contributed by atoms with van der Waals surface area (Å²) in [4.78, 5) is 10.9. The van der Waals surface area contributed by atoms with Crippen molar-refractivity contribution in [2.24, 2.45) is 5.73 Å². The quantitative estimate of drug-likeness (QED) is 0.797. The third-order valence-electron chi connectivity index (χ3n) is 1.77. The van der Waals surface area contributed by atoms with Gasteiger partial charge in [-0.05, 0) is 34.7 Å².